The maximum atomic E-state index is 10.9. The van der Waals surface area contributed by atoms with Crippen LogP contribution in [0.4, 0.5) is 0 Å². The van der Waals surface area contributed by atoms with Gasteiger partial charge in [0.1, 0.15) is 0 Å². The van der Waals surface area contributed by atoms with E-state index < -0.39 is 5.97 Å². The van der Waals surface area contributed by atoms with Gasteiger partial charge in [0.05, 0.1) is 5.92 Å². The molecule has 3 nitrogen and oxygen atoms in total. The topological polar surface area (TPSA) is 40.5 Å². The SMILES string of the molecule is CCCC(C)N1CC(C)C(C(=O)O)C1. The standard InChI is InChI=1S/C11H21NO2/c1-4-5-9(3)12-6-8(2)10(7-12)11(13)14/h8-10H,4-7H2,1-3H3,(H,13,14). The van der Waals surface area contributed by atoms with Gasteiger partial charge in [-0.25, -0.2) is 0 Å². The lowest BCUT2D eigenvalue weighted by atomic mass is 9.99. The van der Waals surface area contributed by atoms with Crippen molar-refractivity contribution in [1.82, 2.24) is 4.90 Å². The Balaban J connectivity index is 2.49. The van der Waals surface area contributed by atoms with Gasteiger partial charge in [-0.2, -0.15) is 0 Å². The van der Waals surface area contributed by atoms with Crippen molar-refractivity contribution in [3.05, 3.63) is 0 Å². The molecule has 1 fully saturated rings. The van der Waals surface area contributed by atoms with E-state index in [1.807, 2.05) is 6.92 Å². The number of carboxylic acids is 1. The first kappa shape index (κ1) is 11.5. The van der Waals surface area contributed by atoms with Crippen LogP contribution in [0.3, 0.4) is 0 Å². The molecule has 14 heavy (non-hydrogen) atoms. The highest BCUT2D eigenvalue weighted by Crippen LogP contribution is 2.25. The molecule has 82 valence electrons. The molecular formula is C11H21NO2. The molecule has 0 aromatic carbocycles. The molecule has 3 heteroatoms. The Kier molecular flexibility index (Phi) is 3.93. The van der Waals surface area contributed by atoms with Crippen LogP contribution in [0, 0.1) is 11.8 Å². The predicted molar refractivity (Wildman–Crippen MR) is 56.2 cm³/mol. The second kappa shape index (κ2) is 4.78. The molecule has 0 spiro atoms. The van der Waals surface area contributed by atoms with E-state index in [9.17, 15) is 4.79 Å². The molecule has 1 aliphatic heterocycles. The number of nitrogens with zero attached hydrogens (tertiary/aromatic N) is 1. The lowest BCUT2D eigenvalue weighted by molar-refractivity contribution is -0.142. The molecule has 0 amide bonds. The van der Waals surface area contributed by atoms with Crippen molar-refractivity contribution < 1.29 is 9.90 Å². The van der Waals surface area contributed by atoms with Crippen molar-refractivity contribution in [2.45, 2.75) is 39.7 Å². The van der Waals surface area contributed by atoms with Crippen LogP contribution in [0.25, 0.3) is 0 Å². The summed E-state index contributed by atoms with van der Waals surface area (Å²) in [7, 11) is 0. The highest BCUT2D eigenvalue weighted by molar-refractivity contribution is 5.71. The monoisotopic (exact) mass is 199 g/mol. The molecular weight excluding hydrogens is 178 g/mol. The molecule has 0 radical (unpaired) electrons. The average Bonchev–Trinajstić information content (AvgIpc) is 2.48. The summed E-state index contributed by atoms with van der Waals surface area (Å²) < 4.78 is 0. The van der Waals surface area contributed by atoms with Gasteiger partial charge in [-0.15, -0.1) is 0 Å². The van der Waals surface area contributed by atoms with Crippen LogP contribution in [0.2, 0.25) is 0 Å². The number of hydrogen-bond donors (Lipinski definition) is 1. The number of carboxylic acid groups (broad SMARTS) is 1. The summed E-state index contributed by atoms with van der Waals surface area (Å²) in [6.07, 6.45) is 2.34. The first-order valence-electron chi connectivity index (χ1n) is 5.53. The van der Waals surface area contributed by atoms with Gasteiger partial charge in [0.25, 0.3) is 0 Å². The molecule has 1 rings (SSSR count). The van der Waals surface area contributed by atoms with Crippen molar-refractivity contribution >= 4 is 5.97 Å². The highest BCUT2D eigenvalue weighted by Gasteiger charge is 2.36. The quantitative estimate of drug-likeness (QED) is 0.751. The third-order valence-electron chi connectivity index (χ3n) is 3.29. The van der Waals surface area contributed by atoms with Crippen molar-refractivity contribution in [2.24, 2.45) is 11.8 Å². The van der Waals surface area contributed by atoms with E-state index >= 15 is 0 Å². The Bertz CT molecular complexity index is 205. The Hall–Kier alpha value is -0.570. The lowest BCUT2D eigenvalue weighted by Crippen LogP contribution is -2.31. The summed E-state index contributed by atoms with van der Waals surface area (Å²) in [6, 6.07) is 0.534. The van der Waals surface area contributed by atoms with E-state index in [2.05, 4.69) is 18.7 Å². The molecule has 0 aliphatic carbocycles. The lowest BCUT2D eigenvalue weighted by Gasteiger charge is -2.23. The second-order valence-electron chi connectivity index (χ2n) is 4.51. The van der Waals surface area contributed by atoms with E-state index in [4.69, 9.17) is 5.11 Å². The predicted octanol–water partition coefficient (Wildman–Crippen LogP) is 1.83. The zero-order valence-corrected chi connectivity index (χ0v) is 9.36. The molecule has 0 aromatic rings. The summed E-state index contributed by atoms with van der Waals surface area (Å²) in [4.78, 5) is 13.2. The van der Waals surface area contributed by atoms with Crippen LogP contribution in [0.15, 0.2) is 0 Å². The minimum Gasteiger partial charge on any atom is -0.481 e. The second-order valence-corrected chi connectivity index (χ2v) is 4.51. The number of carbonyl (C=O) groups is 1. The van der Waals surface area contributed by atoms with Crippen LogP contribution in [0.1, 0.15) is 33.6 Å². The number of likely N-dealkylation sites (tertiary alicyclic amines) is 1. The van der Waals surface area contributed by atoms with E-state index in [0.717, 1.165) is 13.1 Å². The van der Waals surface area contributed by atoms with Gasteiger partial charge in [-0.3, -0.25) is 9.69 Å². The largest absolute Gasteiger partial charge is 0.481 e. The number of rotatable bonds is 4. The van der Waals surface area contributed by atoms with Gasteiger partial charge < -0.3 is 5.11 Å². The average molecular weight is 199 g/mol. The van der Waals surface area contributed by atoms with Gasteiger partial charge >= 0.3 is 5.97 Å². The van der Waals surface area contributed by atoms with Crippen LogP contribution in [-0.2, 0) is 4.79 Å². The van der Waals surface area contributed by atoms with Gasteiger partial charge in [0, 0.05) is 19.1 Å². The number of aliphatic carboxylic acids is 1. The van der Waals surface area contributed by atoms with E-state index in [-0.39, 0.29) is 5.92 Å². The van der Waals surface area contributed by atoms with Crippen molar-refractivity contribution in [2.75, 3.05) is 13.1 Å². The van der Waals surface area contributed by atoms with Crippen molar-refractivity contribution in [3.63, 3.8) is 0 Å². The van der Waals surface area contributed by atoms with Gasteiger partial charge in [-0.1, -0.05) is 20.3 Å². The maximum Gasteiger partial charge on any atom is 0.308 e. The van der Waals surface area contributed by atoms with E-state index in [0.29, 0.717) is 12.0 Å². The molecule has 3 unspecified atom stereocenters. The van der Waals surface area contributed by atoms with Gasteiger partial charge in [0.15, 0.2) is 0 Å². The van der Waals surface area contributed by atoms with E-state index in [1.54, 1.807) is 0 Å². The van der Waals surface area contributed by atoms with Crippen molar-refractivity contribution in [3.8, 4) is 0 Å². The Morgan fingerprint density at radius 2 is 2.21 bits per heavy atom. The van der Waals surface area contributed by atoms with Crippen LogP contribution in [-0.4, -0.2) is 35.1 Å². The molecule has 1 heterocycles. The summed E-state index contributed by atoms with van der Waals surface area (Å²) in [6.45, 7) is 8.08. The van der Waals surface area contributed by atoms with Crippen molar-refractivity contribution in [1.29, 1.82) is 0 Å². The third-order valence-corrected chi connectivity index (χ3v) is 3.29. The Morgan fingerprint density at radius 1 is 1.57 bits per heavy atom. The van der Waals surface area contributed by atoms with Crippen LogP contribution < -0.4 is 0 Å². The van der Waals surface area contributed by atoms with Gasteiger partial charge in [-0.05, 0) is 19.3 Å². The van der Waals surface area contributed by atoms with Crippen LogP contribution >= 0.6 is 0 Å². The van der Waals surface area contributed by atoms with Gasteiger partial charge in [0.2, 0.25) is 0 Å². The Labute approximate surface area is 86.1 Å². The minimum absolute atomic E-state index is 0.158. The Morgan fingerprint density at radius 3 is 2.64 bits per heavy atom. The molecule has 0 saturated carbocycles. The fourth-order valence-corrected chi connectivity index (χ4v) is 2.29. The molecule has 0 bridgehead atoms. The summed E-state index contributed by atoms with van der Waals surface area (Å²) >= 11 is 0. The smallest absolute Gasteiger partial charge is 0.308 e. The van der Waals surface area contributed by atoms with E-state index in [1.165, 1.54) is 12.8 Å². The molecule has 1 N–H and O–H groups in total. The summed E-state index contributed by atoms with van der Waals surface area (Å²) in [5.74, 6) is -0.496. The zero-order chi connectivity index (χ0) is 10.7. The molecule has 1 saturated heterocycles. The first-order valence-corrected chi connectivity index (χ1v) is 5.53. The minimum atomic E-state index is -0.635. The summed E-state index contributed by atoms with van der Waals surface area (Å²) in [5, 5.41) is 8.99. The highest BCUT2D eigenvalue weighted by atomic mass is 16.4. The number of hydrogen-bond acceptors (Lipinski definition) is 2. The maximum absolute atomic E-state index is 10.9. The fraction of sp³-hybridized carbons (Fsp3) is 0.909. The summed E-state index contributed by atoms with van der Waals surface area (Å²) in [5.41, 5.74) is 0. The zero-order valence-electron chi connectivity index (χ0n) is 9.36. The normalized spacial score (nSPS) is 30.5. The first-order chi connectivity index (χ1) is 6.56. The fourth-order valence-electron chi connectivity index (χ4n) is 2.29. The van der Waals surface area contributed by atoms with Crippen LogP contribution in [0.5, 0.6) is 0 Å². The molecule has 1 aliphatic rings. The third kappa shape index (κ3) is 2.47. The molecule has 0 aromatic heterocycles. The molecule has 3 atom stereocenters.